The number of carbonyl (C=O) groups is 2. The number of rotatable bonds is 7. The van der Waals surface area contributed by atoms with Crippen LogP contribution >= 0.6 is 0 Å². The first-order chi connectivity index (χ1) is 14.6. The van der Waals surface area contributed by atoms with Crippen molar-refractivity contribution in [3.05, 3.63) is 89.1 Å². The lowest BCUT2D eigenvalue weighted by molar-refractivity contribution is -0.137. The van der Waals surface area contributed by atoms with Crippen molar-refractivity contribution in [2.45, 2.75) is 38.8 Å². The highest BCUT2D eigenvalue weighted by molar-refractivity contribution is 5.93. The molecule has 3 aromatic rings. The van der Waals surface area contributed by atoms with Gasteiger partial charge in [-0.3, -0.25) is 9.59 Å². The van der Waals surface area contributed by atoms with Crippen LogP contribution in [0, 0.1) is 6.92 Å². The van der Waals surface area contributed by atoms with Crippen molar-refractivity contribution >= 4 is 11.9 Å². The van der Waals surface area contributed by atoms with E-state index >= 15 is 0 Å². The maximum absolute atomic E-state index is 12.9. The average molecular weight is 418 g/mol. The number of aromatic nitrogens is 1. The lowest BCUT2D eigenvalue weighted by Crippen LogP contribution is -2.31. The molecule has 6 heteroatoms. The van der Waals surface area contributed by atoms with Gasteiger partial charge in [0.25, 0.3) is 5.91 Å². The average Bonchev–Trinajstić information content (AvgIpc) is 2.73. The highest BCUT2D eigenvalue weighted by Crippen LogP contribution is 2.26. The first-order valence-corrected chi connectivity index (χ1v) is 10.0. The minimum Gasteiger partial charge on any atom is -0.481 e. The molecule has 2 aromatic carbocycles. The summed E-state index contributed by atoms with van der Waals surface area (Å²) in [6.07, 6.45) is -0.232. The van der Waals surface area contributed by atoms with Crippen LogP contribution in [-0.2, 0) is 10.4 Å². The van der Waals surface area contributed by atoms with E-state index < -0.39 is 23.5 Å². The Morgan fingerprint density at radius 3 is 2.42 bits per heavy atom. The van der Waals surface area contributed by atoms with Crippen LogP contribution in [0.15, 0.2) is 66.7 Å². The molecule has 3 N–H and O–H groups in total. The second kappa shape index (κ2) is 9.10. The molecule has 0 radical (unpaired) electrons. The number of hydrogen-bond acceptors (Lipinski definition) is 4. The minimum absolute atomic E-state index is 0.190. The number of nitrogens with one attached hydrogen (secondary N) is 1. The molecule has 1 aromatic heterocycles. The molecule has 0 spiro atoms. The van der Waals surface area contributed by atoms with Crippen LogP contribution < -0.4 is 5.32 Å². The number of aliphatic carboxylic acids is 1. The van der Waals surface area contributed by atoms with E-state index in [9.17, 15) is 19.8 Å². The Labute approximate surface area is 181 Å². The van der Waals surface area contributed by atoms with Crippen LogP contribution in [0.1, 0.15) is 53.5 Å². The predicted molar refractivity (Wildman–Crippen MR) is 119 cm³/mol. The summed E-state index contributed by atoms with van der Waals surface area (Å²) >= 11 is 0. The van der Waals surface area contributed by atoms with Crippen LogP contribution in [0.2, 0.25) is 0 Å². The molecule has 0 bridgehead atoms. The molecule has 0 aliphatic rings. The zero-order valence-electron chi connectivity index (χ0n) is 17.8. The number of carbonyl (C=O) groups excluding carboxylic acids is 1. The fourth-order valence-electron chi connectivity index (χ4n) is 3.40. The standard InChI is InChI=1S/C25H26N2O4/c1-16-8-4-5-11-19(16)22(15-23(28)29)27-24(30)21-13-7-12-20(26-21)17-9-6-10-18(14-17)25(2,3)31/h4-14,22,31H,15H2,1-3H3,(H,27,30)(H,28,29)/t22-/m0/s1. The summed E-state index contributed by atoms with van der Waals surface area (Å²) in [5.41, 5.74) is 2.95. The fourth-order valence-corrected chi connectivity index (χ4v) is 3.40. The van der Waals surface area contributed by atoms with Gasteiger partial charge in [0.2, 0.25) is 0 Å². The van der Waals surface area contributed by atoms with Crippen molar-refractivity contribution in [1.29, 1.82) is 0 Å². The number of aryl methyl sites for hydroxylation is 1. The van der Waals surface area contributed by atoms with Gasteiger partial charge in [-0.2, -0.15) is 0 Å². The van der Waals surface area contributed by atoms with Crippen molar-refractivity contribution < 1.29 is 19.8 Å². The van der Waals surface area contributed by atoms with Crippen molar-refractivity contribution in [3.8, 4) is 11.3 Å². The molecule has 160 valence electrons. The van der Waals surface area contributed by atoms with Gasteiger partial charge in [0.05, 0.1) is 23.8 Å². The summed E-state index contributed by atoms with van der Waals surface area (Å²) in [5, 5.41) is 22.4. The quantitative estimate of drug-likeness (QED) is 0.533. The van der Waals surface area contributed by atoms with Crippen LogP contribution in [0.4, 0.5) is 0 Å². The zero-order valence-corrected chi connectivity index (χ0v) is 17.8. The number of nitrogens with zero attached hydrogens (tertiary/aromatic N) is 1. The maximum atomic E-state index is 12.9. The molecule has 0 aliphatic carbocycles. The van der Waals surface area contributed by atoms with Gasteiger partial charge in [-0.05, 0) is 55.7 Å². The fraction of sp³-hybridized carbons (Fsp3) is 0.240. The van der Waals surface area contributed by atoms with Crippen molar-refractivity contribution in [3.63, 3.8) is 0 Å². The number of carboxylic acid groups (broad SMARTS) is 1. The van der Waals surface area contributed by atoms with E-state index in [0.717, 1.165) is 22.3 Å². The smallest absolute Gasteiger partial charge is 0.305 e. The van der Waals surface area contributed by atoms with Gasteiger partial charge in [0, 0.05) is 5.56 Å². The molecule has 0 saturated carbocycles. The normalized spacial score (nSPS) is 12.3. The number of hydrogen-bond donors (Lipinski definition) is 3. The van der Waals surface area contributed by atoms with E-state index in [1.165, 1.54) is 0 Å². The van der Waals surface area contributed by atoms with Gasteiger partial charge in [-0.1, -0.05) is 48.5 Å². The number of amides is 1. The van der Waals surface area contributed by atoms with Crippen molar-refractivity contribution in [2.24, 2.45) is 0 Å². The van der Waals surface area contributed by atoms with Crippen molar-refractivity contribution in [2.75, 3.05) is 0 Å². The topological polar surface area (TPSA) is 99.5 Å². The number of pyridine rings is 1. The first kappa shape index (κ1) is 22.2. The zero-order chi connectivity index (χ0) is 22.6. The van der Waals surface area contributed by atoms with E-state index in [1.54, 1.807) is 32.0 Å². The van der Waals surface area contributed by atoms with E-state index in [0.29, 0.717) is 5.69 Å². The second-order valence-corrected chi connectivity index (χ2v) is 8.03. The van der Waals surface area contributed by atoms with Gasteiger partial charge in [0.15, 0.2) is 0 Å². The summed E-state index contributed by atoms with van der Waals surface area (Å²) in [4.78, 5) is 28.8. The number of benzene rings is 2. The van der Waals surface area contributed by atoms with Gasteiger partial charge in [0.1, 0.15) is 5.69 Å². The Morgan fingerprint density at radius 1 is 1.03 bits per heavy atom. The Balaban J connectivity index is 1.89. The Bertz CT molecular complexity index is 1100. The maximum Gasteiger partial charge on any atom is 0.305 e. The Morgan fingerprint density at radius 2 is 1.74 bits per heavy atom. The molecule has 1 amide bonds. The van der Waals surface area contributed by atoms with Gasteiger partial charge < -0.3 is 15.5 Å². The molecule has 0 saturated heterocycles. The summed E-state index contributed by atoms with van der Waals surface area (Å²) in [7, 11) is 0. The lowest BCUT2D eigenvalue weighted by atomic mass is 9.95. The molecule has 0 unspecified atom stereocenters. The van der Waals surface area contributed by atoms with Crippen LogP contribution in [0.3, 0.4) is 0 Å². The summed E-state index contributed by atoms with van der Waals surface area (Å²) in [5.74, 6) is -1.45. The molecule has 3 rings (SSSR count). The lowest BCUT2D eigenvalue weighted by Gasteiger charge is -2.20. The third-order valence-corrected chi connectivity index (χ3v) is 5.09. The molecule has 1 heterocycles. The summed E-state index contributed by atoms with van der Waals surface area (Å²) in [6, 6.07) is 19.2. The highest BCUT2D eigenvalue weighted by atomic mass is 16.4. The monoisotopic (exact) mass is 418 g/mol. The summed E-state index contributed by atoms with van der Waals surface area (Å²) in [6.45, 7) is 5.29. The van der Waals surface area contributed by atoms with Gasteiger partial charge >= 0.3 is 5.97 Å². The van der Waals surface area contributed by atoms with Crippen LogP contribution in [0.25, 0.3) is 11.3 Å². The summed E-state index contributed by atoms with van der Waals surface area (Å²) < 4.78 is 0. The third-order valence-electron chi connectivity index (χ3n) is 5.09. The van der Waals surface area contributed by atoms with Gasteiger partial charge in [-0.25, -0.2) is 4.98 Å². The van der Waals surface area contributed by atoms with Crippen molar-refractivity contribution in [1.82, 2.24) is 10.3 Å². The van der Waals surface area contributed by atoms with E-state index in [1.807, 2.05) is 55.5 Å². The first-order valence-electron chi connectivity index (χ1n) is 10.0. The molecule has 31 heavy (non-hydrogen) atoms. The van der Waals surface area contributed by atoms with Crippen LogP contribution in [0.5, 0.6) is 0 Å². The van der Waals surface area contributed by atoms with E-state index in [-0.39, 0.29) is 12.1 Å². The highest BCUT2D eigenvalue weighted by Gasteiger charge is 2.21. The molecular formula is C25H26N2O4. The predicted octanol–water partition coefficient (Wildman–Crippen LogP) is 4.23. The Hall–Kier alpha value is -3.51. The third kappa shape index (κ3) is 5.55. The largest absolute Gasteiger partial charge is 0.481 e. The molecular weight excluding hydrogens is 392 g/mol. The second-order valence-electron chi connectivity index (χ2n) is 8.03. The number of carboxylic acids is 1. The molecule has 0 aliphatic heterocycles. The van der Waals surface area contributed by atoms with Crippen LogP contribution in [-0.4, -0.2) is 27.1 Å². The molecule has 1 atom stereocenters. The molecule has 0 fully saturated rings. The Kier molecular flexibility index (Phi) is 6.51. The minimum atomic E-state index is -1.00. The van der Waals surface area contributed by atoms with Gasteiger partial charge in [-0.15, -0.1) is 0 Å². The number of aliphatic hydroxyl groups is 1. The molecule has 6 nitrogen and oxygen atoms in total. The van der Waals surface area contributed by atoms with E-state index in [2.05, 4.69) is 10.3 Å². The van der Waals surface area contributed by atoms with E-state index in [4.69, 9.17) is 0 Å². The SMILES string of the molecule is Cc1ccccc1[C@H](CC(=O)O)NC(=O)c1cccc(-c2cccc(C(C)(C)O)c2)n1.